The maximum absolute atomic E-state index is 5.92. The van der Waals surface area contributed by atoms with Crippen LogP contribution in [0, 0.1) is 0 Å². The van der Waals surface area contributed by atoms with E-state index in [2.05, 4.69) is 31.6 Å². The molecule has 0 spiro atoms. The summed E-state index contributed by atoms with van der Waals surface area (Å²) in [6.07, 6.45) is 1.66. The predicted molar refractivity (Wildman–Crippen MR) is 135 cm³/mol. The number of hydrogen-bond acceptors (Lipinski definition) is 5. The lowest BCUT2D eigenvalue weighted by molar-refractivity contribution is 0.259. The number of likely N-dealkylation sites (N-methyl/N-ethyl adjacent to an activating group) is 1. The van der Waals surface area contributed by atoms with Gasteiger partial charge in [-0.2, -0.15) is 0 Å². The van der Waals surface area contributed by atoms with Crippen LogP contribution < -0.4 is 15.4 Å². The zero-order valence-corrected chi connectivity index (χ0v) is 20.5. The molecule has 31 heavy (non-hydrogen) atoms. The lowest BCUT2D eigenvalue weighted by Crippen LogP contribution is -2.36. The van der Waals surface area contributed by atoms with Crippen LogP contribution in [-0.4, -0.2) is 50.1 Å². The van der Waals surface area contributed by atoms with Crippen molar-refractivity contribution >= 4 is 29.9 Å². The van der Waals surface area contributed by atoms with Crippen LogP contribution in [0.3, 0.4) is 0 Å². The fraction of sp³-hybridized carbons (Fsp3) is 0.304. The maximum atomic E-state index is 5.92. The molecular formula is C23H30IN5O2. The Morgan fingerprint density at radius 3 is 2.48 bits per heavy atom. The second kappa shape index (κ2) is 13.0. The molecule has 3 aromatic rings. The SMILES string of the molecule is CN=C(NCc1coc(-c2ccccc2)n1)NCc1ccccc1OCCN(C)C.I. The number of halogens is 1. The Morgan fingerprint density at radius 1 is 1.03 bits per heavy atom. The lowest BCUT2D eigenvalue weighted by atomic mass is 10.2. The van der Waals surface area contributed by atoms with Crippen LogP contribution in [0.5, 0.6) is 5.75 Å². The molecule has 2 aromatic carbocycles. The summed E-state index contributed by atoms with van der Waals surface area (Å²) in [5.74, 6) is 2.17. The molecule has 0 aliphatic rings. The van der Waals surface area contributed by atoms with Crippen molar-refractivity contribution in [2.24, 2.45) is 4.99 Å². The third-order valence-corrected chi connectivity index (χ3v) is 4.45. The van der Waals surface area contributed by atoms with Crippen LogP contribution in [0.15, 0.2) is 70.3 Å². The number of rotatable bonds is 9. The molecule has 7 nitrogen and oxygen atoms in total. The van der Waals surface area contributed by atoms with Gasteiger partial charge in [0.1, 0.15) is 18.6 Å². The minimum atomic E-state index is 0. The Labute approximate surface area is 200 Å². The Kier molecular flexibility index (Phi) is 10.3. The van der Waals surface area contributed by atoms with Gasteiger partial charge in [-0.25, -0.2) is 4.98 Å². The Balaban J connectivity index is 0.00000341. The van der Waals surface area contributed by atoms with E-state index >= 15 is 0 Å². The molecule has 0 saturated carbocycles. The van der Waals surface area contributed by atoms with E-state index in [0.29, 0.717) is 31.5 Å². The summed E-state index contributed by atoms with van der Waals surface area (Å²) in [5, 5.41) is 6.59. The Morgan fingerprint density at radius 2 is 1.74 bits per heavy atom. The monoisotopic (exact) mass is 535 g/mol. The van der Waals surface area contributed by atoms with Gasteiger partial charge < -0.3 is 24.7 Å². The second-order valence-electron chi connectivity index (χ2n) is 7.05. The lowest BCUT2D eigenvalue weighted by Gasteiger charge is -2.15. The van der Waals surface area contributed by atoms with Gasteiger partial charge in [0.15, 0.2) is 5.96 Å². The molecule has 166 valence electrons. The molecule has 1 aromatic heterocycles. The molecule has 0 aliphatic heterocycles. The summed E-state index contributed by atoms with van der Waals surface area (Å²) < 4.78 is 11.5. The van der Waals surface area contributed by atoms with E-state index in [1.807, 2.05) is 62.6 Å². The van der Waals surface area contributed by atoms with Crippen LogP contribution in [0.2, 0.25) is 0 Å². The van der Waals surface area contributed by atoms with Crippen molar-refractivity contribution < 1.29 is 9.15 Å². The molecule has 0 aliphatic carbocycles. The average Bonchev–Trinajstić information content (AvgIpc) is 3.24. The second-order valence-corrected chi connectivity index (χ2v) is 7.05. The molecule has 8 heteroatoms. The van der Waals surface area contributed by atoms with E-state index in [-0.39, 0.29) is 24.0 Å². The summed E-state index contributed by atoms with van der Waals surface area (Å²) in [6.45, 7) is 2.63. The fourth-order valence-electron chi connectivity index (χ4n) is 2.80. The van der Waals surface area contributed by atoms with E-state index in [0.717, 1.165) is 29.1 Å². The van der Waals surface area contributed by atoms with Crippen molar-refractivity contribution in [2.75, 3.05) is 34.3 Å². The van der Waals surface area contributed by atoms with Gasteiger partial charge in [0, 0.05) is 31.3 Å². The first-order chi connectivity index (χ1) is 14.7. The molecule has 0 bridgehead atoms. The van der Waals surface area contributed by atoms with Gasteiger partial charge in [0.05, 0.1) is 12.2 Å². The number of oxazole rings is 1. The normalized spacial score (nSPS) is 11.2. The minimum Gasteiger partial charge on any atom is -0.492 e. The number of aliphatic imine (C=N–C) groups is 1. The van der Waals surface area contributed by atoms with Crippen molar-refractivity contribution in [3.63, 3.8) is 0 Å². The van der Waals surface area contributed by atoms with E-state index in [1.54, 1.807) is 13.3 Å². The van der Waals surface area contributed by atoms with Crippen LogP contribution in [0.25, 0.3) is 11.5 Å². The summed E-state index contributed by atoms with van der Waals surface area (Å²) in [6, 6.07) is 17.9. The quantitative estimate of drug-likeness (QED) is 0.247. The van der Waals surface area contributed by atoms with Gasteiger partial charge in [0.25, 0.3) is 0 Å². The molecule has 0 unspecified atom stereocenters. The number of benzene rings is 2. The first-order valence-corrected chi connectivity index (χ1v) is 9.95. The standard InChI is InChI=1S/C23H29N5O2.HI/c1-24-23(25-15-19-11-7-8-12-21(19)29-14-13-28(2)3)26-16-20-17-30-22(27-20)18-9-5-4-6-10-18;/h4-12,17H,13-16H2,1-3H3,(H2,24,25,26);1H. The van der Waals surface area contributed by atoms with Crippen molar-refractivity contribution in [3.8, 4) is 17.2 Å². The van der Waals surface area contributed by atoms with E-state index < -0.39 is 0 Å². The fourth-order valence-corrected chi connectivity index (χ4v) is 2.80. The van der Waals surface area contributed by atoms with Gasteiger partial charge in [-0.15, -0.1) is 24.0 Å². The number of nitrogens with one attached hydrogen (secondary N) is 2. The van der Waals surface area contributed by atoms with E-state index in [9.17, 15) is 0 Å². The Bertz CT molecular complexity index is 944. The molecule has 1 heterocycles. The van der Waals surface area contributed by atoms with E-state index in [1.165, 1.54) is 0 Å². The van der Waals surface area contributed by atoms with Crippen LogP contribution in [-0.2, 0) is 13.1 Å². The molecule has 0 saturated heterocycles. The number of aromatic nitrogens is 1. The van der Waals surface area contributed by atoms with Crippen LogP contribution in [0.4, 0.5) is 0 Å². The third-order valence-electron chi connectivity index (χ3n) is 4.45. The molecule has 0 amide bonds. The molecule has 3 rings (SSSR count). The van der Waals surface area contributed by atoms with Crippen molar-refractivity contribution in [1.82, 2.24) is 20.5 Å². The largest absolute Gasteiger partial charge is 0.492 e. The molecule has 0 atom stereocenters. The molecule has 0 fully saturated rings. The highest BCUT2D eigenvalue weighted by Crippen LogP contribution is 2.18. The predicted octanol–water partition coefficient (Wildman–Crippen LogP) is 3.77. The Hall–Kier alpha value is -2.59. The van der Waals surface area contributed by atoms with Crippen molar-refractivity contribution in [1.29, 1.82) is 0 Å². The van der Waals surface area contributed by atoms with Crippen molar-refractivity contribution in [3.05, 3.63) is 72.1 Å². The summed E-state index contributed by atoms with van der Waals surface area (Å²) in [5.41, 5.74) is 2.84. The average molecular weight is 535 g/mol. The van der Waals surface area contributed by atoms with Crippen LogP contribution in [0.1, 0.15) is 11.3 Å². The van der Waals surface area contributed by atoms with E-state index in [4.69, 9.17) is 9.15 Å². The first kappa shape index (κ1) is 24.7. The topological polar surface area (TPSA) is 74.9 Å². The summed E-state index contributed by atoms with van der Waals surface area (Å²) in [7, 11) is 5.81. The molecular weight excluding hydrogens is 505 g/mol. The summed E-state index contributed by atoms with van der Waals surface area (Å²) in [4.78, 5) is 10.9. The van der Waals surface area contributed by atoms with Gasteiger partial charge in [-0.05, 0) is 32.3 Å². The smallest absolute Gasteiger partial charge is 0.226 e. The third kappa shape index (κ3) is 7.87. The van der Waals surface area contributed by atoms with Gasteiger partial charge in [0.2, 0.25) is 5.89 Å². The molecule has 2 N–H and O–H groups in total. The highest BCUT2D eigenvalue weighted by molar-refractivity contribution is 14.0. The van der Waals surface area contributed by atoms with Gasteiger partial charge in [-0.1, -0.05) is 36.4 Å². The first-order valence-electron chi connectivity index (χ1n) is 9.95. The highest BCUT2D eigenvalue weighted by atomic mass is 127. The zero-order chi connectivity index (χ0) is 21.2. The summed E-state index contributed by atoms with van der Waals surface area (Å²) >= 11 is 0. The van der Waals surface area contributed by atoms with Gasteiger partial charge >= 0.3 is 0 Å². The van der Waals surface area contributed by atoms with Crippen molar-refractivity contribution in [2.45, 2.75) is 13.1 Å². The zero-order valence-electron chi connectivity index (χ0n) is 18.2. The number of nitrogens with zero attached hydrogens (tertiary/aromatic N) is 3. The van der Waals surface area contributed by atoms with Gasteiger partial charge in [-0.3, -0.25) is 4.99 Å². The minimum absolute atomic E-state index is 0. The number of ether oxygens (including phenoxy) is 1. The number of para-hydroxylation sites is 1. The number of guanidine groups is 1. The molecule has 0 radical (unpaired) electrons. The van der Waals surface area contributed by atoms with Crippen LogP contribution >= 0.6 is 24.0 Å². The highest BCUT2D eigenvalue weighted by Gasteiger charge is 2.08. The number of hydrogen-bond donors (Lipinski definition) is 2. The maximum Gasteiger partial charge on any atom is 0.226 e.